The third-order valence-electron chi connectivity index (χ3n) is 5.31. The molecule has 0 atom stereocenters. The number of aryl methyl sites for hydroxylation is 1. The molecule has 0 aliphatic carbocycles. The maximum Gasteiger partial charge on any atom is 0.306 e. The largest absolute Gasteiger partial charge is 0.486 e. The maximum atomic E-state index is 12.7. The van der Waals surface area contributed by atoms with Crippen LogP contribution in [0.15, 0.2) is 24.3 Å². The van der Waals surface area contributed by atoms with E-state index in [1.807, 2.05) is 42.7 Å². The number of nitrogens with zero attached hydrogens (tertiary/aromatic N) is 1. The highest BCUT2D eigenvalue weighted by molar-refractivity contribution is 5.99. The molecule has 1 aliphatic heterocycles. The highest BCUT2D eigenvalue weighted by Crippen LogP contribution is 2.33. The van der Waals surface area contributed by atoms with Gasteiger partial charge in [-0.05, 0) is 44.9 Å². The van der Waals surface area contributed by atoms with Gasteiger partial charge in [-0.15, -0.1) is 0 Å². The number of esters is 1. The third-order valence-corrected chi connectivity index (χ3v) is 5.31. The Kier molecular flexibility index (Phi) is 7.92. The molecule has 0 radical (unpaired) electrons. The van der Waals surface area contributed by atoms with Crippen molar-refractivity contribution in [3.63, 3.8) is 0 Å². The molecule has 3 rings (SSSR count). The summed E-state index contributed by atoms with van der Waals surface area (Å²) in [6.45, 7) is 6.62. The number of hydrogen-bond donors (Lipinski definition) is 1. The van der Waals surface area contributed by atoms with Crippen LogP contribution >= 0.6 is 0 Å². The van der Waals surface area contributed by atoms with Gasteiger partial charge < -0.3 is 24.1 Å². The van der Waals surface area contributed by atoms with Gasteiger partial charge in [-0.3, -0.25) is 14.4 Å². The van der Waals surface area contributed by atoms with Crippen molar-refractivity contribution in [3.05, 3.63) is 41.2 Å². The Balaban J connectivity index is 1.54. The van der Waals surface area contributed by atoms with Crippen molar-refractivity contribution >= 4 is 17.7 Å². The van der Waals surface area contributed by atoms with Gasteiger partial charge in [-0.2, -0.15) is 0 Å². The molecule has 0 bridgehead atoms. The van der Waals surface area contributed by atoms with Crippen LogP contribution in [0.1, 0.15) is 54.4 Å². The lowest BCUT2D eigenvalue weighted by molar-refractivity contribution is -0.142. The van der Waals surface area contributed by atoms with E-state index < -0.39 is 5.97 Å². The molecule has 0 fully saturated rings. The number of carbonyl (C=O) groups excluding carboxylic acids is 3. The average Bonchev–Trinajstić information content (AvgIpc) is 3.07. The van der Waals surface area contributed by atoms with E-state index in [9.17, 15) is 14.4 Å². The maximum absolute atomic E-state index is 12.7. The van der Waals surface area contributed by atoms with Gasteiger partial charge >= 0.3 is 5.97 Å². The van der Waals surface area contributed by atoms with E-state index in [1.165, 1.54) is 6.92 Å². The number of ether oxygens (including phenoxy) is 3. The van der Waals surface area contributed by atoms with Crippen molar-refractivity contribution in [3.8, 4) is 17.2 Å². The van der Waals surface area contributed by atoms with Gasteiger partial charge in [-0.1, -0.05) is 6.42 Å². The topological polar surface area (TPSA) is 95.9 Å². The molecule has 0 spiro atoms. The van der Waals surface area contributed by atoms with Crippen LogP contribution < -0.4 is 14.8 Å². The Morgan fingerprint density at radius 2 is 1.78 bits per heavy atom. The van der Waals surface area contributed by atoms with E-state index in [2.05, 4.69) is 5.32 Å². The fourth-order valence-electron chi connectivity index (χ4n) is 3.75. The first-order valence-corrected chi connectivity index (χ1v) is 10.9. The summed E-state index contributed by atoms with van der Waals surface area (Å²) in [5, 5.41) is 2.72. The second-order valence-electron chi connectivity index (χ2n) is 7.83. The predicted molar refractivity (Wildman–Crippen MR) is 119 cm³/mol. The molecular formula is C24H30N2O6. The molecule has 1 N–H and O–H groups in total. The monoisotopic (exact) mass is 442 g/mol. The molecule has 172 valence electrons. The van der Waals surface area contributed by atoms with Crippen molar-refractivity contribution in [1.29, 1.82) is 0 Å². The summed E-state index contributed by atoms with van der Waals surface area (Å²) in [5.41, 5.74) is 3.08. The summed E-state index contributed by atoms with van der Waals surface area (Å²) in [4.78, 5) is 35.5. The first-order valence-electron chi connectivity index (χ1n) is 10.9. The number of aromatic nitrogens is 1. The lowest BCUT2D eigenvalue weighted by Gasteiger charge is -2.20. The average molecular weight is 443 g/mol. The zero-order valence-electron chi connectivity index (χ0n) is 18.9. The number of benzene rings is 1. The first-order chi connectivity index (χ1) is 15.4. The number of rotatable bonds is 10. The van der Waals surface area contributed by atoms with Crippen LogP contribution in [0.3, 0.4) is 0 Å². The number of Topliss-reactive ketones (excluding diaryl/α,β-unsaturated/α-hetero) is 1. The Labute approximate surface area is 187 Å². The molecule has 8 heteroatoms. The summed E-state index contributed by atoms with van der Waals surface area (Å²) in [6, 6.07) is 7.49. The first kappa shape index (κ1) is 23.4. The molecule has 1 amide bonds. The number of unbranched alkanes of at least 4 members (excludes halogenated alkanes) is 2. The number of nitrogens with one attached hydrogen (secondary N) is 1. The summed E-state index contributed by atoms with van der Waals surface area (Å²) >= 11 is 0. The minimum atomic E-state index is -0.390. The lowest BCUT2D eigenvalue weighted by atomic mass is 10.1. The molecule has 1 aliphatic rings. The van der Waals surface area contributed by atoms with Gasteiger partial charge in [0.25, 0.3) is 0 Å². The molecule has 1 aromatic heterocycles. The van der Waals surface area contributed by atoms with Gasteiger partial charge in [0.2, 0.25) is 11.7 Å². The van der Waals surface area contributed by atoms with Crippen LogP contribution in [0.4, 0.5) is 0 Å². The Morgan fingerprint density at radius 3 is 2.53 bits per heavy atom. The second-order valence-corrected chi connectivity index (χ2v) is 7.83. The molecule has 0 saturated carbocycles. The summed E-state index contributed by atoms with van der Waals surface area (Å²) in [7, 11) is 0. The van der Waals surface area contributed by atoms with E-state index in [0.29, 0.717) is 43.2 Å². The fourth-order valence-corrected chi connectivity index (χ4v) is 3.75. The van der Waals surface area contributed by atoms with Crippen molar-refractivity contribution in [2.45, 2.75) is 46.5 Å². The number of carbonyl (C=O) groups is 3. The van der Waals surface area contributed by atoms with Crippen LogP contribution in [0.2, 0.25) is 0 Å². The lowest BCUT2D eigenvalue weighted by Crippen LogP contribution is -2.20. The Hall–Kier alpha value is -3.29. The Bertz CT molecular complexity index is 995. The van der Waals surface area contributed by atoms with Gasteiger partial charge in [0, 0.05) is 48.6 Å². The minimum absolute atomic E-state index is 0.0590. The van der Waals surface area contributed by atoms with Crippen LogP contribution in [0.5, 0.6) is 11.5 Å². The number of amides is 1. The summed E-state index contributed by atoms with van der Waals surface area (Å²) in [5.74, 6) is 0.705. The van der Waals surface area contributed by atoms with Crippen LogP contribution in [0.25, 0.3) is 5.69 Å². The third kappa shape index (κ3) is 5.90. The van der Waals surface area contributed by atoms with Gasteiger partial charge in [0.15, 0.2) is 18.1 Å². The Morgan fingerprint density at radius 1 is 1.03 bits per heavy atom. The normalized spacial score (nSPS) is 12.3. The van der Waals surface area contributed by atoms with Crippen LogP contribution in [-0.4, -0.2) is 48.6 Å². The molecule has 1 aromatic carbocycles. The summed E-state index contributed by atoms with van der Waals surface area (Å²) in [6.07, 6.45) is 2.52. The number of fused-ring (bicyclic) bond motifs is 1. The van der Waals surface area contributed by atoms with E-state index in [4.69, 9.17) is 14.2 Å². The van der Waals surface area contributed by atoms with Gasteiger partial charge in [0.05, 0.1) is 0 Å². The molecule has 2 aromatic rings. The van der Waals surface area contributed by atoms with E-state index >= 15 is 0 Å². The van der Waals surface area contributed by atoms with Gasteiger partial charge in [-0.25, -0.2) is 0 Å². The van der Waals surface area contributed by atoms with Crippen molar-refractivity contribution in [1.82, 2.24) is 9.88 Å². The van der Waals surface area contributed by atoms with E-state index in [0.717, 1.165) is 29.9 Å². The van der Waals surface area contributed by atoms with Crippen LogP contribution in [0, 0.1) is 13.8 Å². The molecule has 8 nitrogen and oxygen atoms in total. The van der Waals surface area contributed by atoms with Gasteiger partial charge in [0.1, 0.15) is 13.2 Å². The zero-order valence-corrected chi connectivity index (χ0v) is 18.9. The molecule has 32 heavy (non-hydrogen) atoms. The number of hydrogen-bond acceptors (Lipinski definition) is 6. The standard InChI is InChI=1S/C24H30N2O6/c1-16-13-20(21(28)15-32-24(29)7-5-4-6-10-25-18(3)27)17(2)26(16)19-8-9-22-23(14-19)31-12-11-30-22/h8-9,13-14H,4-7,10-12,15H2,1-3H3,(H,25,27). The predicted octanol–water partition coefficient (Wildman–Crippen LogP) is 3.29. The van der Waals surface area contributed by atoms with Crippen LogP contribution in [-0.2, 0) is 14.3 Å². The summed E-state index contributed by atoms with van der Waals surface area (Å²) < 4.78 is 18.4. The van der Waals surface area contributed by atoms with Crippen molar-refractivity contribution < 1.29 is 28.6 Å². The van der Waals surface area contributed by atoms with E-state index in [-0.39, 0.29) is 24.7 Å². The zero-order chi connectivity index (χ0) is 23.1. The molecular weight excluding hydrogens is 412 g/mol. The second kappa shape index (κ2) is 10.8. The quantitative estimate of drug-likeness (QED) is 0.345. The minimum Gasteiger partial charge on any atom is -0.486 e. The molecule has 0 saturated heterocycles. The number of ketones is 1. The smallest absolute Gasteiger partial charge is 0.306 e. The fraction of sp³-hybridized carbons (Fsp3) is 0.458. The molecule has 0 unspecified atom stereocenters. The molecule has 2 heterocycles. The van der Waals surface area contributed by atoms with Crippen molar-refractivity contribution in [2.75, 3.05) is 26.4 Å². The highest BCUT2D eigenvalue weighted by atomic mass is 16.6. The van der Waals surface area contributed by atoms with E-state index in [1.54, 1.807) is 0 Å². The highest BCUT2D eigenvalue weighted by Gasteiger charge is 2.20. The van der Waals surface area contributed by atoms with Crippen molar-refractivity contribution in [2.24, 2.45) is 0 Å². The SMILES string of the molecule is CC(=O)NCCCCCC(=O)OCC(=O)c1cc(C)n(-c2ccc3c(c2)OCCO3)c1C.